The third kappa shape index (κ3) is 5.01. The van der Waals surface area contributed by atoms with Gasteiger partial charge in [0.1, 0.15) is 18.2 Å². The molecule has 0 N–H and O–H groups in total. The van der Waals surface area contributed by atoms with Gasteiger partial charge in [-0.05, 0) is 118 Å². The van der Waals surface area contributed by atoms with E-state index in [2.05, 4.69) is 12.7 Å². The molecule has 0 aromatic heterocycles. The van der Waals surface area contributed by atoms with Crippen LogP contribution in [0.3, 0.4) is 0 Å². The number of hydrogen-bond acceptors (Lipinski definition) is 1. The average Bonchev–Trinajstić information content (AvgIpc) is 2.79. The largest absolute Gasteiger partial charge is 0.489 e. The fourth-order valence-electron chi connectivity index (χ4n) is 6.67. The predicted octanol–water partition coefficient (Wildman–Crippen LogP) is 8.07. The van der Waals surface area contributed by atoms with Crippen molar-refractivity contribution in [2.45, 2.75) is 77.0 Å². The molecule has 0 aliphatic heterocycles. The van der Waals surface area contributed by atoms with Crippen LogP contribution in [0.1, 0.15) is 82.6 Å². The minimum Gasteiger partial charge on any atom is -0.489 e. The lowest BCUT2D eigenvalue weighted by molar-refractivity contribution is 0.0718. The first kappa shape index (κ1) is 21.7. The molecule has 0 amide bonds. The van der Waals surface area contributed by atoms with Crippen LogP contribution in [0.5, 0.6) is 5.75 Å². The Morgan fingerprint density at radius 2 is 1.60 bits per heavy atom. The van der Waals surface area contributed by atoms with Crippen molar-refractivity contribution in [3.05, 3.63) is 54.4 Å². The van der Waals surface area contributed by atoms with Crippen LogP contribution in [0.2, 0.25) is 0 Å². The van der Waals surface area contributed by atoms with Gasteiger partial charge in [-0.15, -0.1) is 6.58 Å². The fraction of sp³-hybridized carbons (Fsp3) is 0.643. The Bertz CT molecular complexity index is 730. The van der Waals surface area contributed by atoms with Gasteiger partial charge in [-0.25, -0.2) is 4.39 Å². The maximum Gasteiger partial charge on any atom is 0.130 e. The van der Waals surface area contributed by atoms with Crippen LogP contribution in [0.4, 0.5) is 4.39 Å². The molecule has 1 nitrogen and oxygen atoms in total. The lowest BCUT2D eigenvalue weighted by Crippen LogP contribution is -2.34. The molecule has 0 saturated heterocycles. The van der Waals surface area contributed by atoms with E-state index in [-0.39, 0.29) is 5.82 Å². The molecular formula is C28H39FO. The molecule has 3 fully saturated rings. The third-order valence-corrected chi connectivity index (χ3v) is 8.46. The molecule has 1 aromatic carbocycles. The molecular weight excluding hydrogens is 371 g/mol. The summed E-state index contributed by atoms with van der Waals surface area (Å²) in [4.78, 5) is 0. The topological polar surface area (TPSA) is 9.23 Å². The van der Waals surface area contributed by atoms with Crippen molar-refractivity contribution >= 4 is 0 Å². The third-order valence-electron chi connectivity index (χ3n) is 8.46. The van der Waals surface area contributed by atoms with Gasteiger partial charge in [0.15, 0.2) is 0 Å². The van der Waals surface area contributed by atoms with E-state index in [4.69, 9.17) is 4.74 Å². The monoisotopic (exact) mass is 410 g/mol. The van der Waals surface area contributed by atoms with E-state index >= 15 is 0 Å². The van der Waals surface area contributed by atoms with Crippen LogP contribution in [-0.2, 0) is 0 Å². The molecule has 4 atom stereocenters. The van der Waals surface area contributed by atoms with Crippen LogP contribution in [0.15, 0.2) is 43.0 Å². The summed E-state index contributed by atoms with van der Waals surface area (Å²) in [7, 11) is 0. The zero-order valence-electron chi connectivity index (χ0n) is 18.7. The lowest BCUT2D eigenvalue weighted by atomic mass is 9.61. The van der Waals surface area contributed by atoms with Gasteiger partial charge in [0.25, 0.3) is 0 Å². The predicted molar refractivity (Wildman–Crippen MR) is 123 cm³/mol. The van der Waals surface area contributed by atoms with Crippen LogP contribution < -0.4 is 4.74 Å². The van der Waals surface area contributed by atoms with Crippen LogP contribution in [-0.4, -0.2) is 6.61 Å². The molecule has 3 aliphatic carbocycles. The average molecular weight is 411 g/mol. The Morgan fingerprint density at radius 1 is 0.933 bits per heavy atom. The molecule has 164 valence electrons. The van der Waals surface area contributed by atoms with E-state index in [0.29, 0.717) is 18.3 Å². The van der Waals surface area contributed by atoms with Gasteiger partial charge in [0, 0.05) is 6.07 Å². The Labute approximate surface area is 182 Å². The van der Waals surface area contributed by atoms with Crippen molar-refractivity contribution < 1.29 is 9.13 Å². The second-order valence-corrected chi connectivity index (χ2v) is 10.1. The van der Waals surface area contributed by atoms with E-state index in [9.17, 15) is 4.39 Å². The number of allylic oxidation sites excluding steroid dienone is 2. The molecule has 0 radical (unpaired) electrons. The summed E-state index contributed by atoms with van der Waals surface area (Å²) in [6, 6.07) is 5.48. The Hall–Kier alpha value is -1.57. The van der Waals surface area contributed by atoms with Gasteiger partial charge in [-0.1, -0.05) is 24.3 Å². The highest BCUT2D eigenvalue weighted by Gasteiger charge is 2.38. The summed E-state index contributed by atoms with van der Waals surface area (Å²) in [5.74, 6) is 5.40. The van der Waals surface area contributed by atoms with Crippen molar-refractivity contribution in [2.24, 2.45) is 29.6 Å². The number of benzene rings is 1. The van der Waals surface area contributed by atoms with Crippen molar-refractivity contribution in [1.29, 1.82) is 0 Å². The second-order valence-electron chi connectivity index (χ2n) is 10.1. The van der Waals surface area contributed by atoms with Crippen molar-refractivity contribution in [3.63, 3.8) is 0 Å². The molecule has 0 heterocycles. The molecule has 0 bridgehead atoms. The van der Waals surface area contributed by atoms with E-state index in [1.165, 1.54) is 51.4 Å². The zero-order valence-corrected chi connectivity index (χ0v) is 18.7. The maximum absolute atomic E-state index is 14.7. The second kappa shape index (κ2) is 10.2. The number of ether oxygens (including phenoxy) is 1. The van der Waals surface area contributed by atoms with Gasteiger partial charge in [-0.2, -0.15) is 0 Å². The normalized spacial score (nSPS) is 34.5. The lowest BCUT2D eigenvalue weighted by Gasteiger charge is -2.45. The van der Waals surface area contributed by atoms with E-state index in [0.717, 1.165) is 48.0 Å². The maximum atomic E-state index is 14.7. The first-order valence-corrected chi connectivity index (χ1v) is 12.3. The number of rotatable bonds is 6. The van der Waals surface area contributed by atoms with Crippen molar-refractivity contribution in [2.75, 3.05) is 6.61 Å². The van der Waals surface area contributed by atoms with Crippen LogP contribution >= 0.6 is 0 Å². The molecule has 3 aliphatic rings. The van der Waals surface area contributed by atoms with E-state index < -0.39 is 0 Å². The molecule has 0 spiro atoms. The summed E-state index contributed by atoms with van der Waals surface area (Å²) in [6.45, 7) is 6.49. The van der Waals surface area contributed by atoms with Gasteiger partial charge in [0.05, 0.1) is 0 Å². The number of halogens is 1. The quantitative estimate of drug-likeness (QED) is 0.431. The highest BCUT2D eigenvalue weighted by Crippen LogP contribution is 2.50. The molecule has 1 aromatic rings. The minimum atomic E-state index is -0.0871. The molecule has 4 unspecified atom stereocenters. The summed E-state index contributed by atoms with van der Waals surface area (Å²) >= 11 is 0. The zero-order chi connectivity index (χ0) is 20.9. The van der Waals surface area contributed by atoms with Gasteiger partial charge < -0.3 is 4.74 Å². The highest BCUT2D eigenvalue weighted by molar-refractivity contribution is 5.31. The first-order chi connectivity index (χ1) is 14.7. The number of fused-ring (bicyclic) bond motifs is 1. The molecule has 4 rings (SSSR count). The van der Waals surface area contributed by atoms with Gasteiger partial charge >= 0.3 is 0 Å². The molecule has 30 heavy (non-hydrogen) atoms. The van der Waals surface area contributed by atoms with Gasteiger partial charge in [0.2, 0.25) is 0 Å². The smallest absolute Gasteiger partial charge is 0.130 e. The van der Waals surface area contributed by atoms with Crippen LogP contribution in [0, 0.1) is 35.4 Å². The highest BCUT2D eigenvalue weighted by atomic mass is 19.1. The van der Waals surface area contributed by atoms with Crippen molar-refractivity contribution in [3.8, 4) is 5.75 Å². The van der Waals surface area contributed by atoms with Crippen LogP contribution in [0.25, 0.3) is 0 Å². The molecule has 3 saturated carbocycles. The Balaban J connectivity index is 1.28. The standard InChI is InChI=1S/C28H39FO/c1-3-5-16-30-26-14-15-27(28(29)19-26)22-10-8-21(9-11-22)24-13-12-23-17-20(4-2)6-7-25(23)18-24/h3-5,14-15,19-25H,2,6-13,16-18H2,1H3/b5-3+. The first-order valence-electron chi connectivity index (χ1n) is 12.3. The van der Waals surface area contributed by atoms with Gasteiger partial charge in [-0.3, -0.25) is 0 Å². The number of hydrogen-bond donors (Lipinski definition) is 0. The molecule has 2 heteroatoms. The minimum absolute atomic E-state index is 0.0871. The van der Waals surface area contributed by atoms with E-state index in [1.54, 1.807) is 6.07 Å². The summed E-state index contributed by atoms with van der Waals surface area (Å²) < 4.78 is 20.3. The Morgan fingerprint density at radius 3 is 2.30 bits per heavy atom. The summed E-state index contributed by atoms with van der Waals surface area (Å²) in [5, 5.41) is 0. The summed E-state index contributed by atoms with van der Waals surface area (Å²) in [6.07, 6.45) is 19.4. The SMILES string of the molecule is C=CC1CCC2CC(C3CCC(c4ccc(OC/C=C/C)cc4F)CC3)CCC2C1. The Kier molecular flexibility index (Phi) is 7.33. The summed E-state index contributed by atoms with van der Waals surface area (Å²) in [5.41, 5.74) is 0.901. The van der Waals surface area contributed by atoms with E-state index in [1.807, 2.05) is 31.2 Å². The fourth-order valence-corrected chi connectivity index (χ4v) is 6.67. The van der Waals surface area contributed by atoms with Crippen molar-refractivity contribution in [1.82, 2.24) is 0 Å².